The Morgan fingerprint density at radius 3 is 2.28 bits per heavy atom. The van der Waals surface area contributed by atoms with E-state index in [0.29, 0.717) is 24.6 Å². The van der Waals surface area contributed by atoms with Crippen LogP contribution < -0.4 is 20.5 Å². The fourth-order valence-corrected chi connectivity index (χ4v) is 2.21. The maximum absolute atomic E-state index is 10.8. The molecule has 0 atom stereocenters. The number of hydrogen-bond acceptors (Lipinski definition) is 5. The molecule has 2 aromatic rings. The maximum Gasteiger partial charge on any atom is 0.335 e. The van der Waals surface area contributed by atoms with E-state index in [-0.39, 0.29) is 12.2 Å². The molecule has 2 rings (SSSR count). The molecule has 25 heavy (non-hydrogen) atoms. The van der Waals surface area contributed by atoms with Crippen LogP contribution in [0.25, 0.3) is 0 Å². The van der Waals surface area contributed by atoms with Crippen molar-refractivity contribution in [2.24, 2.45) is 5.73 Å². The van der Waals surface area contributed by atoms with Crippen LogP contribution in [0.2, 0.25) is 0 Å². The Bertz CT molecular complexity index is 744. The first kappa shape index (κ1) is 18.3. The van der Waals surface area contributed by atoms with Crippen molar-refractivity contribution in [1.29, 1.82) is 0 Å². The highest BCUT2D eigenvalue weighted by molar-refractivity contribution is 5.87. The predicted molar refractivity (Wildman–Crippen MR) is 91.6 cm³/mol. The van der Waals surface area contributed by atoms with Crippen molar-refractivity contribution < 1.29 is 24.2 Å². The predicted octanol–water partition coefficient (Wildman–Crippen LogP) is 1.55. The Morgan fingerprint density at radius 1 is 1.04 bits per heavy atom. The molecule has 4 N–H and O–H groups in total. The number of nitrogens with one attached hydrogen (secondary N) is 1. The Hall–Kier alpha value is -3.06. The second-order valence-electron chi connectivity index (χ2n) is 5.35. The minimum Gasteiger partial charge on any atom is -0.493 e. The molecule has 2 aromatic carbocycles. The minimum absolute atomic E-state index is 0.208. The number of primary amides is 1. The van der Waals surface area contributed by atoms with Gasteiger partial charge >= 0.3 is 5.97 Å². The summed E-state index contributed by atoms with van der Waals surface area (Å²) in [6.07, 6.45) is 0. The molecule has 7 heteroatoms. The lowest BCUT2D eigenvalue weighted by Crippen LogP contribution is -2.20. The van der Waals surface area contributed by atoms with Gasteiger partial charge in [-0.1, -0.05) is 18.2 Å². The monoisotopic (exact) mass is 344 g/mol. The van der Waals surface area contributed by atoms with E-state index >= 15 is 0 Å². The number of aromatic carboxylic acids is 1. The van der Waals surface area contributed by atoms with Crippen LogP contribution in [0.3, 0.4) is 0 Å². The van der Waals surface area contributed by atoms with Crippen molar-refractivity contribution in [2.45, 2.75) is 13.1 Å². The van der Waals surface area contributed by atoms with Crippen molar-refractivity contribution in [1.82, 2.24) is 5.32 Å². The van der Waals surface area contributed by atoms with Crippen LogP contribution in [0.5, 0.6) is 11.5 Å². The highest BCUT2D eigenvalue weighted by Gasteiger charge is 2.07. The number of nitrogens with two attached hydrogens (primary N) is 1. The van der Waals surface area contributed by atoms with Crippen molar-refractivity contribution in [2.75, 3.05) is 13.7 Å². The van der Waals surface area contributed by atoms with Crippen molar-refractivity contribution in [3.8, 4) is 11.5 Å². The van der Waals surface area contributed by atoms with Crippen molar-refractivity contribution >= 4 is 11.9 Å². The fraction of sp³-hybridized carbons (Fsp3) is 0.222. The Labute approximate surface area is 145 Å². The number of ether oxygens (including phenoxy) is 2. The van der Waals surface area contributed by atoms with E-state index in [2.05, 4.69) is 5.32 Å². The number of hydrogen-bond donors (Lipinski definition) is 3. The summed E-state index contributed by atoms with van der Waals surface area (Å²) in [5.74, 6) is -0.521. The standard InChI is InChI=1S/C18H20N2O5/c1-24-16-8-13(4-7-15(16)25-11-17(19)21)10-20-9-12-2-5-14(6-3-12)18(22)23/h2-8,20H,9-11H2,1H3,(H2,19,21)(H,22,23). The first-order valence-corrected chi connectivity index (χ1v) is 7.60. The van der Waals surface area contributed by atoms with Crippen LogP contribution in [0.15, 0.2) is 42.5 Å². The van der Waals surface area contributed by atoms with Gasteiger partial charge in [0.25, 0.3) is 5.91 Å². The van der Waals surface area contributed by atoms with Gasteiger partial charge in [-0.2, -0.15) is 0 Å². The lowest BCUT2D eigenvalue weighted by molar-refractivity contribution is -0.119. The summed E-state index contributed by atoms with van der Waals surface area (Å²) in [6, 6.07) is 12.1. The van der Waals surface area contributed by atoms with Crippen LogP contribution in [0, 0.1) is 0 Å². The quantitative estimate of drug-likeness (QED) is 0.636. The first-order valence-electron chi connectivity index (χ1n) is 7.60. The molecule has 1 amide bonds. The first-order chi connectivity index (χ1) is 12.0. The zero-order chi connectivity index (χ0) is 18.2. The molecule has 0 unspecified atom stereocenters. The number of carbonyl (C=O) groups is 2. The molecule has 7 nitrogen and oxygen atoms in total. The van der Waals surface area contributed by atoms with Gasteiger partial charge in [0, 0.05) is 13.1 Å². The van der Waals surface area contributed by atoms with Crippen LogP contribution in [-0.4, -0.2) is 30.7 Å². The van der Waals surface area contributed by atoms with Crippen LogP contribution >= 0.6 is 0 Å². The third-order valence-electron chi connectivity index (χ3n) is 3.46. The summed E-state index contributed by atoms with van der Waals surface area (Å²) in [7, 11) is 1.52. The van der Waals surface area contributed by atoms with Crippen molar-refractivity contribution in [3.05, 3.63) is 59.2 Å². The molecule has 0 aliphatic carbocycles. The molecule has 132 valence electrons. The molecule has 0 aliphatic rings. The zero-order valence-corrected chi connectivity index (χ0v) is 13.8. The number of carboxylic acid groups (broad SMARTS) is 1. The van der Waals surface area contributed by atoms with E-state index in [4.69, 9.17) is 20.3 Å². The van der Waals surface area contributed by atoms with E-state index in [9.17, 15) is 9.59 Å². The zero-order valence-electron chi connectivity index (χ0n) is 13.8. The largest absolute Gasteiger partial charge is 0.493 e. The van der Waals surface area contributed by atoms with Crippen LogP contribution in [0.4, 0.5) is 0 Å². The molecular weight excluding hydrogens is 324 g/mol. The third-order valence-corrected chi connectivity index (χ3v) is 3.46. The lowest BCUT2D eigenvalue weighted by Gasteiger charge is -2.12. The number of carbonyl (C=O) groups excluding carboxylic acids is 1. The molecule has 0 bridgehead atoms. The topological polar surface area (TPSA) is 111 Å². The summed E-state index contributed by atoms with van der Waals surface area (Å²) in [4.78, 5) is 21.6. The molecule has 0 heterocycles. The summed E-state index contributed by atoms with van der Waals surface area (Å²) in [5, 5.41) is 12.1. The Kier molecular flexibility index (Phi) is 6.36. The van der Waals surface area contributed by atoms with E-state index in [1.165, 1.54) is 7.11 Å². The van der Waals surface area contributed by atoms with Gasteiger partial charge in [-0.25, -0.2) is 4.79 Å². The highest BCUT2D eigenvalue weighted by Crippen LogP contribution is 2.28. The summed E-state index contributed by atoms with van der Waals surface area (Å²) in [6.45, 7) is 0.982. The molecule has 0 spiro atoms. The molecule has 0 aliphatic heterocycles. The molecule has 0 saturated carbocycles. The summed E-state index contributed by atoms with van der Waals surface area (Å²) >= 11 is 0. The second kappa shape index (κ2) is 8.70. The SMILES string of the molecule is COc1cc(CNCc2ccc(C(=O)O)cc2)ccc1OCC(N)=O. The average Bonchev–Trinajstić information content (AvgIpc) is 2.60. The number of methoxy groups -OCH3 is 1. The molecule has 0 aromatic heterocycles. The van der Waals surface area contributed by atoms with E-state index < -0.39 is 11.9 Å². The molecule has 0 saturated heterocycles. The van der Waals surface area contributed by atoms with E-state index in [1.54, 1.807) is 30.3 Å². The van der Waals surface area contributed by atoms with Gasteiger partial charge in [0.2, 0.25) is 0 Å². The van der Waals surface area contributed by atoms with Crippen LogP contribution in [0.1, 0.15) is 21.5 Å². The molecule has 0 fully saturated rings. The van der Waals surface area contributed by atoms with Gasteiger partial charge < -0.3 is 25.6 Å². The number of benzene rings is 2. The van der Waals surface area contributed by atoms with Crippen molar-refractivity contribution in [3.63, 3.8) is 0 Å². The van der Waals surface area contributed by atoms with E-state index in [1.807, 2.05) is 12.1 Å². The Balaban J connectivity index is 1.91. The summed E-state index contributed by atoms with van der Waals surface area (Å²) in [5.41, 5.74) is 7.29. The van der Waals surface area contributed by atoms with E-state index in [0.717, 1.165) is 11.1 Å². The van der Waals surface area contributed by atoms with Gasteiger partial charge in [0.15, 0.2) is 18.1 Å². The van der Waals surface area contributed by atoms with Crippen LogP contribution in [-0.2, 0) is 17.9 Å². The van der Waals surface area contributed by atoms with Gasteiger partial charge in [-0.3, -0.25) is 4.79 Å². The normalized spacial score (nSPS) is 10.3. The number of carboxylic acids is 1. The minimum atomic E-state index is -0.940. The smallest absolute Gasteiger partial charge is 0.335 e. The highest BCUT2D eigenvalue weighted by atomic mass is 16.5. The average molecular weight is 344 g/mol. The van der Waals surface area contributed by atoms with Gasteiger partial charge in [0.05, 0.1) is 12.7 Å². The summed E-state index contributed by atoms with van der Waals surface area (Å²) < 4.78 is 10.5. The Morgan fingerprint density at radius 2 is 1.68 bits per heavy atom. The lowest BCUT2D eigenvalue weighted by atomic mass is 10.1. The molecule has 0 radical (unpaired) electrons. The number of amides is 1. The van der Waals surface area contributed by atoms with Gasteiger partial charge in [-0.15, -0.1) is 0 Å². The fourth-order valence-electron chi connectivity index (χ4n) is 2.21. The van der Waals surface area contributed by atoms with Gasteiger partial charge in [0.1, 0.15) is 0 Å². The number of rotatable bonds is 9. The second-order valence-corrected chi connectivity index (χ2v) is 5.35. The van der Waals surface area contributed by atoms with Gasteiger partial charge in [-0.05, 0) is 35.4 Å². The maximum atomic E-state index is 10.8. The molecular formula is C18H20N2O5. The third kappa shape index (κ3) is 5.50.